The second-order valence-electron chi connectivity index (χ2n) is 8.21. The van der Waals surface area contributed by atoms with E-state index in [2.05, 4.69) is 0 Å². The van der Waals surface area contributed by atoms with Gasteiger partial charge in [0.05, 0.1) is 30.3 Å². The summed E-state index contributed by atoms with van der Waals surface area (Å²) in [5.74, 6) is 0.277. The highest BCUT2D eigenvalue weighted by Gasteiger charge is 2.61. The third-order valence-corrected chi connectivity index (χ3v) is 7.18. The van der Waals surface area contributed by atoms with Gasteiger partial charge in [-0.3, -0.25) is 4.79 Å². The third-order valence-electron chi connectivity index (χ3n) is 7.18. The highest BCUT2D eigenvalue weighted by Crippen LogP contribution is 2.55. The quantitative estimate of drug-likeness (QED) is 0.575. The average molecular weight is 322 g/mol. The van der Waals surface area contributed by atoms with Crippen LogP contribution in [0.1, 0.15) is 39.5 Å². The second kappa shape index (κ2) is 5.12. The van der Waals surface area contributed by atoms with Gasteiger partial charge in [0.1, 0.15) is 6.10 Å². The molecule has 4 rings (SSSR count). The Morgan fingerprint density at radius 1 is 1.17 bits per heavy atom. The van der Waals surface area contributed by atoms with E-state index in [9.17, 15) is 20.1 Å². The van der Waals surface area contributed by atoms with E-state index in [0.29, 0.717) is 31.4 Å². The van der Waals surface area contributed by atoms with Gasteiger partial charge in [0.2, 0.25) is 0 Å². The summed E-state index contributed by atoms with van der Waals surface area (Å²) in [6.07, 6.45) is 0.128. The summed E-state index contributed by atoms with van der Waals surface area (Å²) in [5.41, 5.74) is 0.494. The van der Waals surface area contributed by atoms with E-state index < -0.39 is 23.7 Å². The number of ether oxygens (including phenoxy) is 1. The van der Waals surface area contributed by atoms with Gasteiger partial charge in [-0.05, 0) is 56.1 Å². The molecule has 0 radical (unpaired) electrons. The van der Waals surface area contributed by atoms with Crippen LogP contribution in [0, 0.1) is 23.2 Å². The van der Waals surface area contributed by atoms with E-state index in [0.717, 1.165) is 12.0 Å². The summed E-state index contributed by atoms with van der Waals surface area (Å²) in [5, 5.41) is 31.7. The highest BCUT2D eigenvalue weighted by molar-refractivity contribution is 5.92. The second-order valence-corrected chi connectivity index (χ2v) is 8.21. The zero-order valence-corrected chi connectivity index (χ0v) is 13.7. The minimum absolute atomic E-state index is 0.0179. The number of aliphatic hydroxyl groups is 3. The van der Waals surface area contributed by atoms with Crippen molar-refractivity contribution in [3.05, 3.63) is 11.1 Å². The molecule has 7 unspecified atom stereocenters. The number of aliphatic hydroxyl groups excluding tert-OH is 3. The fraction of sp³-hybridized carbons (Fsp3) is 0.833. The maximum Gasteiger partial charge on any atom is 0.174 e. The molecular weight excluding hydrogens is 296 g/mol. The zero-order chi connectivity index (χ0) is 16.5. The predicted octanol–water partition coefficient (Wildman–Crippen LogP) is 0.810. The first-order valence-corrected chi connectivity index (χ1v) is 8.73. The van der Waals surface area contributed by atoms with Crippen LogP contribution in [0.15, 0.2) is 11.1 Å². The number of fused-ring (bicyclic) bond motifs is 5. The van der Waals surface area contributed by atoms with Crippen molar-refractivity contribution < 1.29 is 24.9 Å². The zero-order valence-electron chi connectivity index (χ0n) is 13.7. The van der Waals surface area contributed by atoms with Crippen LogP contribution in [0.2, 0.25) is 0 Å². The van der Waals surface area contributed by atoms with Crippen LogP contribution in [0.25, 0.3) is 0 Å². The van der Waals surface area contributed by atoms with Crippen LogP contribution in [0.3, 0.4) is 0 Å². The van der Waals surface area contributed by atoms with E-state index in [-0.39, 0.29) is 29.6 Å². The van der Waals surface area contributed by atoms with Crippen molar-refractivity contribution in [2.45, 2.75) is 63.9 Å². The van der Waals surface area contributed by atoms with Crippen LogP contribution in [-0.2, 0) is 9.53 Å². The first kappa shape index (κ1) is 15.8. The van der Waals surface area contributed by atoms with Crippen molar-refractivity contribution in [1.29, 1.82) is 0 Å². The molecule has 5 nitrogen and oxygen atoms in total. The molecule has 5 heteroatoms. The fourth-order valence-corrected chi connectivity index (χ4v) is 5.47. The van der Waals surface area contributed by atoms with Crippen molar-refractivity contribution in [1.82, 2.24) is 0 Å². The van der Waals surface area contributed by atoms with Crippen molar-refractivity contribution in [2.75, 3.05) is 6.61 Å². The van der Waals surface area contributed by atoms with E-state index in [4.69, 9.17) is 4.74 Å². The van der Waals surface area contributed by atoms with Gasteiger partial charge in [-0.2, -0.15) is 0 Å². The SMILES string of the molecule is CC1=C2CC(CC1O)CC1C3COC3CC(O)[C@@]1(C)C(=O)C2O. The molecule has 128 valence electrons. The van der Waals surface area contributed by atoms with E-state index in [1.165, 1.54) is 0 Å². The Balaban J connectivity index is 1.79. The number of ketones is 1. The minimum atomic E-state index is -1.20. The van der Waals surface area contributed by atoms with Crippen molar-refractivity contribution in [3.63, 3.8) is 0 Å². The molecule has 1 aliphatic heterocycles. The molecule has 0 aromatic heterocycles. The summed E-state index contributed by atoms with van der Waals surface area (Å²) in [6.45, 7) is 4.27. The van der Waals surface area contributed by atoms with Gasteiger partial charge in [-0.1, -0.05) is 0 Å². The van der Waals surface area contributed by atoms with Crippen LogP contribution < -0.4 is 0 Å². The lowest BCUT2D eigenvalue weighted by Gasteiger charge is -2.58. The summed E-state index contributed by atoms with van der Waals surface area (Å²) in [6, 6.07) is 0. The lowest BCUT2D eigenvalue weighted by Crippen LogP contribution is -2.64. The molecule has 1 saturated heterocycles. The number of hydrogen-bond donors (Lipinski definition) is 3. The molecule has 3 fully saturated rings. The summed E-state index contributed by atoms with van der Waals surface area (Å²) >= 11 is 0. The molecule has 0 spiro atoms. The van der Waals surface area contributed by atoms with Gasteiger partial charge < -0.3 is 20.1 Å². The first-order valence-electron chi connectivity index (χ1n) is 8.73. The van der Waals surface area contributed by atoms with Crippen LogP contribution in [0.4, 0.5) is 0 Å². The largest absolute Gasteiger partial charge is 0.392 e. The van der Waals surface area contributed by atoms with Gasteiger partial charge in [0.25, 0.3) is 0 Å². The average Bonchev–Trinajstić information content (AvgIpc) is 2.49. The minimum Gasteiger partial charge on any atom is -0.392 e. The Morgan fingerprint density at radius 2 is 1.91 bits per heavy atom. The predicted molar refractivity (Wildman–Crippen MR) is 82.5 cm³/mol. The van der Waals surface area contributed by atoms with Gasteiger partial charge in [-0.15, -0.1) is 0 Å². The number of Topliss-reactive ketones (excluding diaryl/α,β-unsaturated/α-hetero) is 1. The smallest absolute Gasteiger partial charge is 0.174 e. The van der Waals surface area contributed by atoms with Gasteiger partial charge in [0.15, 0.2) is 5.78 Å². The van der Waals surface area contributed by atoms with Crippen LogP contribution >= 0.6 is 0 Å². The maximum absolute atomic E-state index is 13.1. The standard InChI is InChI=1S/C18H26O5/c1-8-10-3-9(5-13(8)19)4-12-11-7-23-14(11)6-15(20)18(12,2)17(22)16(10)21/h9,11-16,19-21H,3-7H2,1-2H3/t9?,11?,12?,13?,14?,15?,16?,18-/m0/s1. The molecule has 0 aromatic rings. The lowest BCUT2D eigenvalue weighted by molar-refractivity contribution is -0.228. The lowest BCUT2D eigenvalue weighted by atomic mass is 9.52. The Hall–Kier alpha value is -0.750. The molecular formula is C18H26O5. The number of hydrogen-bond acceptors (Lipinski definition) is 5. The van der Waals surface area contributed by atoms with Gasteiger partial charge in [-0.25, -0.2) is 0 Å². The normalized spacial score (nSPS) is 52.9. The first-order chi connectivity index (χ1) is 10.8. The number of carbonyl (C=O) groups excluding carboxylic acids is 1. The molecule has 0 aromatic carbocycles. The van der Waals surface area contributed by atoms with E-state index >= 15 is 0 Å². The summed E-state index contributed by atoms with van der Waals surface area (Å²) in [4.78, 5) is 13.1. The molecule has 2 bridgehead atoms. The van der Waals surface area contributed by atoms with E-state index in [1.54, 1.807) is 6.92 Å². The molecule has 4 aliphatic rings. The van der Waals surface area contributed by atoms with Crippen molar-refractivity contribution in [3.8, 4) is 0 Å². The molecule has 3 N–H and O–H groups in total. The number of rotatable bonds is 0. The van der Waals surface area contributed by atoms with E-state index in [1.807, 2.05) is 6.92 Å². The maximum atomic E-state index is 13.1. The Labute approximate surface area is 136 Å². The number of carbonyl (C=O) groups is 1. The monoisotopic (exact) mass is 322 g/mol. The molecule has 3 aliphatic carbocycles. The van der Waals surface area contributed by atoms with Crippen LogP contribution in [-0.4, -0.2) is 52.1 Å². The Kier molecular flexibility index (Phi) is 3.51. The van der Waals surface area contributed by atoms with Crippen molar-refractivity contribution >= 4 is 5.78 Å². The molecule has 2 saturated carbocycles. The Morgan fingerprint density at radius 3 is 2.57 bits per heavy atom. The fourth-order valence-electron chi connectivity index (χ4n) is 5.47. The molecule has 1 heterocycles. The third kappa shape index (κ3) is 2.03. The van der Waals surface area contributed by atoms with Crippen LogP contribution in [0.5, 0.6) is 0 Å². The summed E-state index contributed by atoms with van der Waals surface area (Å²) in [7, 11) is 0. The van der Waals surface area contributed by atoms with Gasteiger partial charge in [0, 0.05) is 12.3 Å². The summed E-state index contributed by atoms with van der Waals surface area (Å²) < 4.78 is 5.58. The molecule has 23 heavy (non-hydrogen) atoms. The highest BCUT2D eigenvalue weighted by atomic mass is 16.5. The van der Waals surface area contributed by atoms with Gasteiger partial charge >= 0.3 is 0 Å². The Bertz CT molecular complexity index is 570. The molecule has 0 amide bonds. The molecule has 8 atom stereocenters. The topological polar surface area (TPSA) is 87.0 Å². The van der Waals surface area contributed by atoms with Crippen molar-refractivity contribution in [2.24, 2.45) is 23.2 Å².